The molecule has 1 fully saturated rings. The largest absolute Gasteiger partial charge is 0.416 e. The molecule has 0 amide bonds. The van der Waals surface area contributed by atoms with Crippen molar-refractivity contribution in [1.82, 2.24) is 0 Å². The molecule has 6 heteroatoms. The van der Waals surface area contributed by atoms with Crippen LogP contribution in [0.2, 0.25) is 0 Å². The van der Waals surface area contributed by atoms with Gasteiger partial charge in [-0.2, -0.15) is 30.2 Å². The molecule has 0 unspecified atom stereocenters. The molecule has 1 heterocycles. The van der Waals surface area contributed by atoms with Gasteiger partial charge in [0.05, 0.1) is 16.8 Å². The first-order chi connectivity index (χ1) is 9.02. The van der Waals surface area contributed by atoms with Crippen LogP contribution >= 0.6 is 11.8 Å². The zero-order valence-corrected chi connectivity index (χ0v) is 11.0. The Morgan fingerprint density at radius 3 is 2.68 bits per heavy atom. The van der Waals surface area contributed by atoms with E-state index in [4.69, 9.17) is 5.26 Å². The fourth-order valence-corrected chi connectivity index (χ4v) is 2.95. The van der Waals surface area contributed by atoms with Crippen LogP contribution < -0.4 is 4.90 Å². The molecule has 0 atom stereocenters. The molecule has 0 radical (unpaired) electrons. The van der Waals surface area contributed by atoms with Gasteiger partial charge in [0.25, 0.3) is 0 Å². The van der Waals surface area contributed by atoms with Crippen molar-refractivity contribution < 1.29 is 13.2 Å². The molecule has 19 heavy (non-hydrogen) atoms. The first kappa shape index (κ1) is 14.1. The summed E-state index contributed by atoms with van der Waals surface area (Å²) in [5.74, 6) is 1.99. The number of rotatable bonds is 1. The van der Waals surface area contributed by atoms with Crippen molar-refractivity contribution in [3.8, 4) is 6.07 Å². The monoisotopic (exact) mass is 286 g/mol. The minimum Gasteiger partial charge on any atom is -0.370 e. The molecule has 1 aromatic carbocycles. The second-order valence-electron chi connectivity index (χ2n) is 4.29. The van der Waals surface area contributed by atoms with Crippen molar-refractivity contribution in [3.05, 3.63) is 29.3 Å². The van der Waals surface area contributed by atoms with E-state index < -0.39 is 11.7 Å². The van der Waals surface area contributed by atoms with Gasteiger partial charge in [0.2, 0.25) is 0 Å². The van der Waals surface area contributed by atoms with Gasteiger partial charge in [-0.1, -0.05) is 0 Å². The highest BCUT2D eigenvalue weighted by molar-refractivity contribution is 7.99. The molecule has 1 aliphatic rings. The van der Waals surface area contributed by atoms with E-state index in [2.05, 4.69) is 0 Å². The Morgan fingerprint density at radius 1 is 1.21 bits per heavy atom. The predicted octanol–water partition coefficient (Wildman–Crippen LogP) is 3.52. The lowest BCUT2D eigenvalue weighted by Crippen LogP contribution is -2.26. The summed E-state index contributed by atoms with van der Waals surface area (Å²) < 4.78 is 37.9. The molecule has 0 bridgehead atoms. The number of nitriles is 1. The van der Waals surface area contributed by atoms with Crippen molar-refractivity contribution in [3.63, 3.8) is 0 Å². The Hall–Kier alpha value is -1.35. The van der Waals surface area contributed by atoms with Crippen LogP contribution in [0.15, 0.2) is 18.2 Å². The molecule has 102 valence electrons. The molecular formula is C13H13F3N2S. The van der Waals surface area contributed by atoms with Crippen molar-refractivity contribution in [2.45, 2.75) is 12.6 Å². The van der Waals surface area contributed by atoms with Crippen LogP contribution in [0.4, 0.5) is 18.9 Å². The Kier molecular flexibility index (Phi) is 4.25. The van der Waals surface area contributed by atoms with E-state index in [9.17, 15) is 13.2 Å². The molecule has 1 saturated heterocycles. The van der Waals surface area contributed by atoms with E-state index >= 15 is 0 Å². The summed E-state index contributed by atoms with van der Waals surface area (Å²) in [7, 11) is 0. The van der Waals surface area contributed by atoms with Crippen molar-refractivity contribution in [2.75, 3.05) is 29.5 Å². The summed E-state index contributed by atoms with van der Waals surface area (Å²) in [5, 5.41) is 9.06. The first-order valence-electron chi connectivity index (χ1n) is 5.96. The van der Waals surface area contributed by atoms with Crippen molar-refractivity contribution >= 4 is 17.4 Å². The van der Waals surface area contributed by atoms with Crippen molar-refractivity contribution in [2.24, 2.45) is 0 Å². The van der Waals surface area contributed by atoms with Crippen LogP contribution in [0.1, 0.15) is 17.5 Å². The molecule has 0 aromatic heterocycles. The van der Waals surface area contributed by atoms with Crippen LogP contribution in [0, 0.1) is 11.3 Å². The second kappa shape index (κ2) is 5.74. The van der Waals surface area contributed by atoms with E-state index in [1.165, 1.54) is 6.07 Å². The molecule has 0 N–H and O–H groups in total. The average molecular weight is 286 g/mol. The van der Waals surface area contributed by atoms with Gasteiger partial charge < -0.3 is 4.90 Å². The highest BCUT2D eigenvalue weighted by Crippen LogP contribution is 2.33. The van der Waals surface area contributed by atoms with E-state index in [1.807, 2.05) is 22.7 Å². The number of thioether (sulfide) groups is 1. The summed E-state index contributed by atoms with van der Waals surface area (Å²) in [4.78, 5) is 2.00. The van der Waals surface area contributed by atoms with Gasteiger partial charge in [-0.3, -0.25) is 0 Å². The van der Waals surface area contributed by atoms with Crippen molar-refractivity contribution in [1.29, 1.82) is 5.26 Å². The number of nitrogens with zero attached hydrogens (tertiary/aromatic N) is 2. The molecule has 2 nitrogen and oxygen atoms in total. The lowest BCUT2D eigenvalue weighted by molar-refractivity contribution is -0.137. The lowest BCUT2D eigenvalue weighted by Gasteiger charge is -2.24. The summed E-state index contributed by atoms with van der Waals surface area (Å²) in [5.41, 5.74) is -0.0586. The van der Waals surface area contributed by atoms with Gasteiger partial charge >= 0.3 is 6.18 Å². The highest BCUT2D eigenvalue weighted by Gasteiger charge is 2.31. The van der Waals surface area contributed by atoms with Gasteiger partial charge in [0, 0.05) is 18.8 Å². The SMILES string of the molecule is N#Cc1cc(C(F)(F)F)ccc1N1CCCSCC1. The normalized spacial score (nSPS) is 16.8. The number of benzene rings is 1. The maximum atomic E-state index is 12.6. The number of hydrogen-bond donors (Lipinski definition) is 0. The summed E-state index contributed by atoms with van der Waals surface area (Å²) in [6.07, 6.45) is -3.42. The smallest absolute Gasteiger partial charge is 0.370 e. The average Bonchev–Trinajstić information content (AvgIpc) is 2.65. The molecule has 1 aliphatic heterocycles. The number of alkyl halides is 3. The fraction of sp³-hybridized carbons (Fsp3) is 0.462. The zero-order valence-electron chi connectivity index (χ0n) is 10.2. The fourth-order valence-electron chi connectivity index (χ4n) is 2.06. The van der Waals surface area contributed by atoms with Crippen LogP contribution in [0.25, 0.3) is 0 Å². The van der Waals surface area contributed by atoms with Crippen LogP contribution in [0.5, 0.6) is 0 Å². The van der Waals surface area contributed by atoms with Gasteiger partial charge in [0.15, 0.2) is 0 Å². The summed E-state index contributed by atoms with van der Waals surface area (Å²) >= 11 is 1.83. The molecule has 0 aliphatic carbocycles. The van der Waals surface area contributed by atoms with Gasteiger partial charge in [-0.05, 0) is 30.4 Å². The molecule has 2 rings (SSSR count). The Labute approximate surface area is 114 Å². The summed E-state index contributed by atoms with van der Waals surface area (Å²) in [6.45, 7) is 1.55. The van der Waals surface area contributed by atoms with E-state index in [1.54, 1.807) is 0 Å². The molecular weight excluding hydrogens is 273 g/mol. The minimum absolute atomic E-state index is 0.0988. The van der Waals surface area contributed by atoms with Crippen LogP contribution in [-0.2, 0) is 6.18 Å². The topological polar surface area (TPSA) is 27.0 Å². The van der Waals surface area contributed by atoms with Gasteiger partial charge in [-0.25, -0.2) is 0 Å². The third kappa shape index (κ3) is 3.35. The molecule has 0 saturated carbocycles. The first-order valence-corrected chi connectivity index (χ1v) is 7.12. The quantitative estimate of drug-likeness (QED) is 0.790. The third-order valence-electron chi connectivity index (χ3n) is 3.01. The number of anilines is 1. The van der Waals surface area contributed by atoms with Crippen LogP contribution in [-0.4, -0.2) is 24.6 Å². The standard InChI is InChI=1S/C13H13F3N2S/c14-13(15,16)11-2-3-12(10(8-11)9-17)18-4-1-6-19-7-5-18/h2-3,8H,1,4-7H2. The van der Waals surface area contributed by atoms with Gasteiger partial charge in [-0.15, -0.1) is 0 Å². The Morgan fingerprint density at radius 2 is 2.00 bits per heavy atom. The lowest BCUT2D eigenvalue weighted by atomic mass is 10.1. The summed E-state index contributed by atoms with van der Waals surface area (Å²) in [6, 6.07) is 5.28. The zero-order chi connectivity index (χ0) is 13.9. The maximum absolute atomic E-state index is 12.6. The molecule has 0 spiro atoms. The van der Waals surface area contributed by atoms with Crippen LogP contribution in [0.3, 0.4) is 0 Å². The Bertz CT molecular complexity index is 486. The Balaban J connectivity index is 2.33. The van der Waals surface area contributed by atoms with E-state index in [-0.39, 0.29) is 5.56 Å². The highest BCUT2D eigenvalue weighted by atomic mass is 32.2. The maximum Gasteiger partial charge on any atom is 0.416 e. The number of hydrogen-bond acceptors (Lipinski definition) is 3. The third-order valence-corrected chi connectivity index (χ3v) is 4.06. The van der Waals surface area contributed by atoms with E-state index in [0.29, 0.717) is 5.69 Å². The minimum atomic E-state index is -4.40. The molecule has 1 aromatic rings. The number of halogens is 3. The second-order valence-corrected chi connectivity index (χ2v) is 5.52. The van der Waals surface area contributed by atoms with Gasteiger partial charge in [0.1, 0.15) is 6.07 Å². The van der Waals surface area contributed by atoms with E-state index in [0.717, 1.165) is 43.1 Å². The predicted molar refractivity (Wildman–Crippen MR) is 70.3 cm³/mol.